The maximum absolute atomic E-state index is 12.3. The lowest BCUT2D eigenvalue weighted by molar-refractivity contribution is -0.114. The summed E-state index contributed by atoms with van der Waals surface area (Å²) in [5, 5.41) is 8.90. The molecule has 0 fully saturated rings. The van der Waals surface area contributed by atoms with E-state index in [9.17, 15) is 9.59 Å². The van der Waals surface area contributed by atoms with Crippen molar-refractivity contribution in [2.75, 3.05) is 17.2 Å². The van der Waals surface area contributed by atoms with E-state index in [2.05, 4.69) is 16.0 Å². The molecule has 2 amide bonds. The van der Waals surface area contributed by atoms with Crippen molar-refractivity contribution in [3.63, 3.8) is 0 Å². The number of benzene rings is 3. The van der Waals surface area contributed by atoms with Gasteiger partial charge >= 0.3 is 0 Å². The Morgan fingerprint density at radius 2 is 1.55 bits per heavy atom. The first kappa shape index (κ1) is 20.1. The van der Waals surface area contributed by atoms with E-state index in [0.29, 0.717) is 12.1 Å². The van der Waals surface area contributed by atoms with Crippen LogP contribution < -0.4 is 16.0 Å². The average Bonchev–Trinajstić information content (AvgIpc) is 2.75. The molecule has 3 aromatic rings. The monoisotopic (exact) mass is 387 g/mol. The van der Waals surface area contributed by atoms with Crippen molar-refractivity contribution in [2.45, 2.75) is 20.4 Å². The van der Waals surface area contributed by atoms with Crippen LogP contribution in [0.4, 0.5) is 11.4 Å². The highest BCUT2D eigenvalue weighted by Gasteiger charge is 2.08. The van der Waals surface area contributed by atoms with Crippen molar-refractivity contribution < 1.29 is 9.59 Å². The number of carbonyl (C=O) groups is 2. The van der Waals surface area contributed by atoms with Gasteiger partial charge in [0.2, 0.25) is 5.91 Å². The summed E-state index contributed by atoms with van der Waals surface area (Å²) >= 11 is 0. The van der Waals surface area contributed by atoms with Crippen molar-refractivity contribution in [1.29, 1.82) is 0 Å². The Morgan fingerprint density at radius 1 is 0.828 bits per heavy atom. The molecule has 0 aliphatic heterocycles. The topological polar surface area (TPSA) is 70.2 Å². The molecule has 3 N–H and O–H groups in total. The lowest BCUT2D eigenvalue weighted by Gasteiger charge is -2.12. The molecular formula is C24H25N3O2. The predicted octanol–water partition coefficient (Wildman–Crippen LogP) is 4.28. The third-order valence-corrected chi connectivity index (χ3v) is 4.77. The molecule has 5 heteroatoms. The van der Waals surface area contributed by atoms with Crippen LogP contribution in [0.1, 0.15) is 27.0 Å². The van der Waals surface area contributed by atoms with Crippen molar-refractivity contribution in [3.8, 4) is 0 Å². The first-order valence-electron chi connectivity index (χ1n) is 9.55. The molecule has 0 atom stereocenters. The highest BCUT2D eigenvalue weighted by molar-refractivity contribution is 5.95. The third-order valence-electron chi connectivity index (χ3n) is 4.77. The minimum absolute atomic E-state index is 0.122. The summed E-state index contributed by atoms with van der Waals surface area (Å²) in [7, 11) is 0. The van der Waals surface area contributed by atoms with Crippen molar-refractivity contribution >= 4 is 23.2 Å². The molecule has 5 nitrogen and oxygen atoms in total. The fourth-order valence-electron chi connectivity index (χ4n) is 2.88. The minimum atomic E-state index is -0.131. The van der Waals surface area contributed by atoms with Gasteiger partial charge < -0.3 is 16.0 Å². The Labute approximate surface area is 171 Å². The van der Waals surface area contributed by atoms with Gasteiger partial charge in [-0.05, 0) is 60.9 Å². The zero-order valence-electron chi connectivity index (χ0n) is 16.7. The van der Waals surface area contributed by atoms with Crippen LogP contribution >= 0.6 is 0 Å². The van der Waals surface area contributed by atoms with Crippen molar-refractivity contribution in [3.05, 3.63) is 95.1 Å². The van der Waals surface area contributed by atoms with E-state index in [-0.39, 0.29) is 18.4 Å². The Kier molecular flexibility index (Phi) is 6.63. The number of amides is 2. The van der Waals surface area contributed by atoms with E-state index >= 15 is 0 Å². The van der Waals surface area contributed by atoms with E-state index in [0.717, 1.165) is 28.1 Å². The van der Waals surface area contributed by atoms with Gasteiger partial charge in [0.1, 0.15) is 0 Å². The summed E-state index contributed by atoms with van der Waals surface area (Å²) in [6.07, 6.45) is 0. The number of anilines is 2. The predicted molar refractivity (Wildman–Crippen MR) is 117 cm³/mol. The van der Waals surface area contributed by atoms with Gasteiger partial charge in [-0.25, -0.2) is 0 Å². The number of aryl methyl sites for hydroxylation is 1. The number of hydrogen-bond acceptors (Lipinski definition) is 3. The van der Waals surface area contributed by atoms with Gasteiger partial charge in [0.15, 0.2) is 0 Å². The molecule has 0 bridgehead atoms. The fourth-order valence-corrected chi connectivity index (χ4v) is 2.88. The van der Waals surface area contributed by atoms with E-state index < -0.39 is 0 Å². The molecule has 0 aliphatic carbocycles. The minimum Gasteiger partial charge on any atom is -0.376 e. The molecule has 0 spiro atoms. The van der Waals surface area contributed by atoms with Gasteiger partial charge in [-0.3, -0.25) is 9.59 Å². The SMILES string of the molecule is Cc1cccc(NC(=O)CNc2ccc(C(=O)NCc3ccccc3)cc2)c1C. The summed E-state index contributed by atoms with van der Waals surface area (Å²) < 4.78 is 0. The molecule has 0 radical (unpaired) electrons. The maximum atomic E-state index is 12.3. The van der Waals surface area contributed by atoms with Gasteiger partial charge in [-0.2, -0.15) is 0 Å². The van der Waals surface area contributed by atoms with Crippen molar-refractivity contribution in [2.24, 2.45) is 0 Å². The molecular weight excluding hydrogens is 362 g/mol. The lowest BCUT2D eigenvalue weighted by Crippen LogP contribution is -2.23. The highest BCUT2D eigenvalue weighted by Crippen LogP contribution is 2.18. The smallest absolute Gasteiger partial charge is 0.251 e. The van der Waals surface area contributed by atoms with Crippen molar-refractivity contribution in [1.82, 2.24) is 5.32 Å². The molecule has 29 heavy (non-hydrogen) atoms. The molecule has 0 aromatic heterocycles. The number of rotatable bonds is 7. The lowest BCUT2D eigenvalue weighted by atomic mass is 10.1. The second kappa shape index (κ2) is 9.55. The van der Waals surface area contributed by atoms with Gasteiger partial charge in [-0.15, -0.1) is 0 Å². The van der Waals surface area contributed by atoms with Gasteiger partial charge in [-0.1, -0.05) is 42.5 Å². The Balaban J connectivity index is 1.49. The first-order chi connectivity index (χ1) is 14.0. The first-order valence-corrected chi connectivity index (χ1v) is 9.55. The molecule has 0 saturated carbocycles. The Morgan fingerprint density at radius 3 is 2.28 bits per heavy atom. The van der Waals surface area contributed by atoms with E-state index in [1.54, 1.807) is 24.3 Å². The quantitative estimate of drug-likeness (QED) is 0.567. The summed E-state index contributed by atoms with van der Waals surface area (Å²) in [6.45, 7) is 4.63. The largest absolute Gasteiger partial charge is 0.376 e. The second-order valence-electron chi connectivity index (χ2n) is 6.89. The number of carbonyl (C=O) groups excluding carboxylic acids is 2. The molecule has 3 aromatic carbocycles. The molecule has 0 aliphatic rings. The molecule has 148 valence electrons. The molecule has 0 unspecified atom stereocenters. The molecule has 0 saturated heterocycles. The normalized spacial score (nSPS) is 10.3. The van der Waals surface area contributed by atoms with Crippen LogP contribution in [0.15, 0.2) is 72.8 Å². The van der Waals surface area contributed by atoms with E-state index in [1.807, 2.05) is 62.4 Å². The van der Waals surface area contributed by atoms with Crippen LogP contribution in [0.3, 0.4) is 0 Å². The zero-order chi connectivity index (χ0) is 20.6. The Bertz CT molecular complexity index is 983. The fraction of sp³-hybridized carbons (Fsp3) is 0.167. The Hall–Kier alpha value is -3.60. The maximum Gasteiger partial charge on any atom is 0.251 e. The molecule has 3 rings (SSSR count). The summed E-state index contributed by atoms with van der Waals surface area (Å²) in [5.41, 5.74) is 5.42. The average molecular weight is 387 g/mol. The highest BCUT2D eigenvalue weighted by atomic mass is 16.2. The third kappa shape index (κ3) is 5.69. The van der Waals surface area contributed by atoms with Gasteiger partial charge in [0.25, 0.3) is 5.91 Å². The summed E-state index contributed by atoms with van der Waals surface area (Å²) in [6, 6.07) is 22.7. The van der Waals surface area contributed by atoms with Crippen LogP contribution in [0, 0.1) is 13.8 Å². The number of hydrogen-bond donors (Lipinski definition) is 3. The second-order valence-corrected chi connectivity index (χ2v) is 6.89. The van der Waals surface area contributed by atoms with Crippen LogP contribution in [-0.4, -0.2) is 18.4 Å². The van der Waals surface area contributed by atoms with Crippen LogP contribution in [0.5, 0.6) is 0 Å². The summed E-state index contributed by atoms with van der Waals surface area (Å²) in [4.78, 5) is 24.5. The van der Waals surface area contributed by atoms with E-state index in [4.69, 9.17) is 0 Å². The van der Waals surface area contributed by atoms with Crippen LogP contribution in [0.2, 0.25) is 0 Å². The summed E-state index contributed by atoms with van der Waals surface area (Å²) in [5.74, 6) is -0.253. The molecule has 0 heterocycles. The standard InChI is InChI=1S/C24H25N3O2/c1-17-7-6-10-22(18(17)2)27-23(28)16-25-21-13-11-20(12-14-21)24(29)26-15-19-8-4-3-5-9-19/h3-14,25H,15-16H2,1-2H3,(H,26,29)(H,27,28). The van der Waals surface area contributed by atoms with Gasteiger partial charge in [0.05, 0.1) is 6.54 Å². The van der Waals surface area contributed by atoms with E-state index in [1.165, 1.54) is 0 Å². The van der Waals surface area contributed by atoms with Gasteiger partial charge in [0, 0.05) is 23.5 Å². The van der Waals surface area contributed by atoms with Crippen LogP contribution in [0.25, 0.3) is 0 Å². The zero-order valence-corrected chi connectivity index (χ0v) is 16.7. The van der Waals surface area contributed by atoms with Crippen LogP contribution in [-0.2, 0) is 11.3 Å². The number of nitrogens with one attached hydrogen (secondary N) is 3.